The van der Waals surface area contributed by atoms with Crippen molar-refractivity contribution in [1.29, 1.82) is 0 Å². The van der Waals surface area contributed by atoms with Gasteiger partial charge in [0, 0.05) is 19.5 Å². The van der Waals surface area contributed by atoms with Crippen molar-refractivity contribution in [1.82, 2.24) is 10.6 Å². The molecule has 0 saturated carbocycles. The highest BCUT2D eigenvalue weighted by atomic mass is 16.1. The maximum atomic E-state index is 10.9. The van der Waals surface area contributed by atoms with Crippen LogP contribution in [-0.4, -0.2) is 24.5 Å². The third-order valence-electron chi connectivity index (χ3n) is 1.79. The predicted molar refractivity (Wildman–Crippen MR) is 51.1 cm³/mol. The second-order valence-electron chi connectivity index (χ2n) is 3.07. The smallest absolute Gasteiger partial charge is 0.220 e. The van der Waals surface area contributed by atoms with Crippen molar-refractivity contribution < 1.29 is 4.79 Å². The molecule has 0 aromatic heterocycles. The maximum Gasteiger partial charge on any atom is 0.220 e. The molecule has 0 unspecified atom stereocenters. The fourth-order valence-electron chi connectivity index (χ4n) is 1.01. The fraction of sp³-hybridized carbons (Fsp3) is 0.889. The first-order valence-electron chi connectivity index (χ1n) is 4.68. The summed E-state index contributed by atoms with van der Waals surface area (Å²) in [7, 11) is 0. The predicted octanol–water partition coefficient (Wildman–Crippen LogP) is 0.901. The largest absolute Gasteiger partial charge is 0.348 e. The van der Waals surface area contributed by atoms with Crippen molar-refractivity contribution in [2.45, 2.75) is 39.7 Å². The standard InChI is InChI=1S/C7H14N2O.C2H6/c1-3-6(10)9-7(2)4-8-5-7;1-2/h8H,3-5H2,1-2H3,(H,9,10);1-2H3. The number of carbonyl (C=O) groups is 1. The highest BCUT2D eigenvalue weighted by Crippen LogP contribution is 2.08. The van der Waals surface area contributed by atoms with Gasteiger partial charge in [-0.2, -0.15) is 0 Å². The molecule has 0 aliphatic carbocycles. The molecule has 1 aliphatic heterocycles. The van der Waals surface area contributed by atoms with Gasteiger partial charge in [0.1, 0.15) is 0 Å². The lowest BCUT2D eigenvalue weighted by Crippen LogP contribution is -2.66. The number of amides is 1. The molecule has 1 saturated heterocycles. The van der Waals surface area contributed by atoms with Crippen LogP contribution in [0.25, 0.3) is 0 Å². The maximum absolute atomic E-state index is 10.9. The zero-order valence-corrected chi connectivity index (χ0v) is 8.53. The molecule has 0 aromatic carbocycles. The Labute approximate surface area is 74.9 Å². The van der Waals surface area contributed by atoms with Crippen molar-refractivity contribution in [3.63, 3.8) is 0 Å². The van der Waals surface area contributed by atoms with Crippen LogP contribution < -0.4 is 10.6 Å². The fourth-order valence-corrected chi connectivity index (χ4v) is 1.01. The van der Waals surface area contributed by atoms with E-state index in [1.807, 2.05) is 20.8 Å². The summed E-state index contributed by atoms with van der Waals surface area (Å²) in [6.07, 6.45) is 0.579. The molecular formula is C9H20N2O. The van der Waals surface area contributed by atoms with E-state index >= 15 is 0 Å². The molecular weight excluding hydrogens is 152 g/mol. The van der Waals surface area contributed by atoms with E-state index in [1.54, 1.807) is 0 Å². The quantitative estimate of drug-likeness (QED) is 0.650. The molecule has 1 amide bonds. The van der Waals surface area contributed by atoms with Crippen LogP contribution in [0.3, 0.4) is 0 Å². The zero-order chi connectivity index (χ0) is 9.61. The van der Waals surface area contributed by atoms with Crippen LogP contribution in [-0.2, 0) is 4.79 Å². The molecule has 3 nitrogen and oxygen atoms in total. The summed E-state index contributed by atoms with van der Waals surface area (Å²) in [5.41, 5.74) is 0.0348. The topological polar surface area (TPSA) is 41.1 Å². The Morgan fingerprint density at radius 1 is 1.50 bits per heavy atom. The van der Waals surface area contributed by atoms with E-state index in [1.165, 1.54) is 0 Å². The van der Waals surface area contributed by atoms with Crippen molar-refractivity contribution in [2.75, 3.05) is 13.1 Å². The molecule has 3 heteroatoms. The first-order valence-corrected chi connectivity index (χ1v) is 4.68. The molecule has 1 aliphatic rings. The highest BCUT2D eigenvalue weighted by molar-refractivity contribution is 5.76. The Kier molecular flexibility index (Phi) is 4.90. The van der Waals surface area contributed by atoms with Crippen LogP contribution in [0.2, 0.25) is 0 Å². The van der Waals surface area contributed by atoms with E-state index in [-0.39, 0.29) is 11.4 Å². The summed E-state index contributed by atoms with van der Waals surface area (Å²) in [6.45, 7) is 9.72. The van der Waals surface area contributed by atoms with Gasteiger partial charge in [-0.1, -0.05) is 20.8 Å². The Bertz CT molecular complexity index is 141. The molecule has 0 spiro atoms. The van der Waals surface area contributed by atoms with Gasteiger partial charge < -0.3 is 10.6 Å². The van der Waals surface area contributed by atoms with E-state index in [9.17, 15) is 4.79 Å². The monoisotopic (exact) mass is 172 g/mol. The molecule has 0 atom stereocenters. The zero-order valence-electron chi connectivity index (χ0n) is 8.53. The molecule has 12 heavy (non-hydrogen) atoms. The average molecular weight is 172 g/mol. The summed E-state index contributed by atoms with van der Waals surface area (Å²) in [6, 6.07) is 0. The van der Waals surface area contributed by atoms with Crippen molar-refractivity contribution >= 4 is 5.91 Å². The van der Waals surface area contributed by atoms with Gasteiger partial charge in [-0.15, -0.1) is 0 Å². The van der Waals surface area contributed by atoms with Gasteiger partial charge in [-0.05, 0) is 6.92 Å². The molecule has 0 aromatic rings. The van der Waals surface area contributed by atoms with Crippen molar-refractivity contribution in [3.8, 4) is 0 Å². The molecule has 0 bridgehead atoms. The number of hydrogen-bond donors (Lipinski definition) is 2. The van der Waals surface area contributed by atoms with E-state index in [2.05, 4.69) is 17.6 Å². The highest BCUT2D eigenvalue weighted by Gasteiger charge is 2.32. The normalized spacial score (nSPS) is 18.3. The van der Waals surface area contributed by atoms with Gasteiger partial charge >= 0.3 is 0 Å². The minimum Gasteiger partial charge on any atom is -0.348 e. The molecule has 1 fully saturated rings. The van der Waals surface area contributed by atoms with E-state index in [0.717, 1.165) is 13.1 Å². The van der Waals surface area contributed by atoms with Gasteiger partial charge in [-0.25, -0.2) is 0 Å². The summed E-state index contributed by atoms with van der Waals surface area (Å²) in [5.74, 6) is 0.143. The third kappa shape index (κ3) is 3.22. The molecule has 0 radical (unpaired) electrons. The van der Waals surface area contributed by atoms with Crippen LogP contribution in [0.15, 0.2) is 0 Å². The lowest BCUT2D eigenvalue weighted by molar-refractivity contribution is -0.123. The van der Waals surface area contributed by atoms with Crippen LogP contribution >= 0.6 is 0 Å². The van der Waals surface area contributed by atoms with E-state index < -0.39 is 0 Å². The Morgan fingerprint density at radius 2 is 2.00 bits per heavy atom. The van der Waals surface area contributed by atoms with Gasteiger partial charge in [0.25, 0.3) is 0 Å². The molecule has 72 valence electrons. The lowest BCUT2D eigenvalue weighted by Gasteiger charge is -2.39. The third-order valence-corrected chi connectivity index (χ3v) is 1.79. The lowest BCUT2D eigenvalue weighted by atomic mass is 9.95. The summed E-state index contributed by atoms with van der Waals surface area (Å²) >= 11 is 0. The van der Waals surface area contributed by atoms with Crippen LogP contribution in [0.4, 0.5) is 0 Å². The minimum atomic E-state index is 0.0348. The SMILES string of the molecule is CC.CCC(=O)NC1(C)CNC1. The van der Waals surface area contributed by atoms with Crippen molar-refractivity contribution in [2.24, 2.45) is 0 Å². The number of nitrogens with one attached hydrogen (secondary N) is 2. The molecule has 1 heterocycles. The van der Waals surface area contributed by atoms with Crippen LogP contribution in [0.5, 0.6) is 0 Å². The molecule has 2 N–H and O–H groups in total. The Hall–Kier alpha value is -0.570. The number of carbonyl (C=O) groups excluding carboxylic acids is 1. The van der Waals surface area contributed by atoms with Gasteiger partial charge in [0.2, 0.25) is 5.91 Å². The van der Waals surface area contributed by atoms with Gasteiger partial charge in [0.15, 0.2) is 0 Å². The minimum absolute atomic E-state index is 0.0348. The van der Waals surface area contributed by atoms with Gasteiger partial charge in [-0.3, -0.25) is 4.79 Å². The first kappa shape index (κ1) is 11.4. The number of rotatable bonds is 2. The summed E-state index contributed by atoms with van der Waals surface area (Å²) in [4.78, 5) is 10.9. The summed E-state index contributed by atoms with van der Waals surface area (Å²) < 4.78 is 0. The van der Waals surface area contributed by atoms with E-state index in [0.29, 0.717) is 6.42 Å². The van der Waals surface area contributed by atoms with Crippen LogP contribution in [0.1, 0.15) is 34.1 Å². The Balaban J connectivity index is 0.000000561. The Morgan fingerprint density at radius 3 is 2.25 bits per heavy atom. The van der Waals surface area contributed by atoms with Gasteiger partial charge in [0.05, 0.1) is 5.54 Å². The average Bonchev–Trinajstić information content (AvgIpc) is 2.05. The second-order valence-corrected chi connectivity index (χ2v) is 3.07. The summed E-state index contributed by atoms with van der Waals surface area (Å²) in [5, 5.41) is 6.06. The van der Waals surface area contributed by atoms with Crippen molar-refractivity contribution in [3.05, 3.63) is 0 Å². The number of hydrogen-bond acceptors (Lipinski definition) is 2. The van der Waals surface area contributed by atoms with E-state index in [4.69, 9.17) is 0 Å². The molecule has 1 rings (SSSR count). The second kappa shape index (κ2) is 5.14. The van der Waals surface area contributed by atoms with Crippen LogP contribution in [0, 0.1) is 0 Å². The first-order chi connectivity index (χ1) is 5.66.